The minimum Gasteiger partial charge on any atom is -0.369 e. The van der Waals surface area contributed by atoms with Crippen molar-refractivity contribution in [2.45, 2.75) is 25.9 Å². The fraction of sp³-hybridized carbons (Fsp3) is 0.312. The van der Waals surface area contributed by atoms with Gasteiger partial charge in [-0.15, -0.1) is 11.3 Å². The largest absolute Gasteiger partial charge is 0.369 e. The lowest BCUT2D eigenvalue weighted by atomic mass is 9.95. The van der Waals surface area contributed by atoms with Gasteiger partial charge in [0.15, 0.2) is 6.29 Å². The highest BCUT2D eigenvalue weighted by Gasteiger charge is 2.23. The zero-order valence-electron chi connectivity index (χ0n) is 11.4. The molecule has 0 N–H and O–H groups in total. The third-order valence-corrected chi connectivity index (χ3v) is 4.43. The Morgan fingerprint density at radius 2 is 2.40 bits per heavy atom. The van der Waals surface area contributed by atoms with Gasteiger partial charge < -0.3 is 4.74 Å². The molecule has 0 saturated carbocycles. The van der Waals surface area contributed by atoms with E-state index in [4.69, 9.17) is 16.3 Å². The lowest BCUT2D eigenvalue weighted by molar-refractivity contribution is 0.0848. The molecule has 0 spiro atoms. The van der Waals surface area contributed by atoms with Crippen LogP contribution < -0.4 is 0 Å². The van der Waals surface area contributed by atoms with E-state index in [2.05, 4.69) is 6.58 Å². The number of rotatable bonds is 3. The second-order valence-corrected chi connectivity index (χ2v) is 6.01. The first kappa shape index (κ1) is 15.2. The maximum Gasteiger partial charge on any atom is 0.160 e. The number of hydrogen-bond donors (Lipinski definition) is 0. The second-order valence-electron chi connectivity index (χ2n) is 4.63. The molecule has 4 heteroatoms. The van der Waals surface area contributed by atoms with Gasteiger partial charge in [0, 0.05) is 11.6 Å². The highest BCUT2D eigenvalue weighted by molar-refractivity contribution is 7.11. The summed E-state index contributed by atoms with van der Waals surface area (Å²) >= 11 is 7.56. The van der Waals surface area contributed by atoms with Crippen LogP contribution in [0, 0.1) is 0 Å². The lowest BCUT2D eigenvalue weighted by Gasteiger charge is -2.18. The number of allylic oxidation sites excluding steroid dienone is 3. The first-order valence-corrected chi connectivity index (χ1v) is 7.78. The molecule has 1 aliphatic rings. The average molecular weight is 309 g/mol. The molecular formula is C16H17ClO2S. The molecule has 0 aliphatic carbocycles. The van der Waals surface area contributed by atoms with Gasteiger partial charge >= 0.3 is 0 Å². The Balaban J connectivity index is 2.41. The van der Waals surface area contributed by atoms with Gasteiger partial charge in [0.25, 0.3) is 0 Å². The molecule has 0 bridgehead atoms. The average Bonchev–Trinajstić information content (AvgIpc) is 2.86. The summed E-state index contributed by atoms with van der Waals surface area (Å²) in [4.78, 5) is 11.6. The van der Waals surface area contributed by atoms with Crippen LogP contribution in [0.5, 0.6) is 0 Å². The second kappa shape index (κ2) is 7.02. The molecule has 1 unspecified atom stereocenters. The van der Waals surface area contributed by atoms with Crippen molar-refractivity contribution in [3.05, 3.63) is 56.8 Å². The summed E-state index contributed by atoms with van der Waals surface area (Å²) in [5.74, 6) is 0. The van der Waals surface area contributed by atoms with Crippen molar-refractivity contribution >= 4 is 29.2 Å². The number of carbonyl (C=O) groups excluding carboxylic acids is 1. The predicted octanol–water partition coefficient (Wildman–Crippen LogP) is 5.04. The molecule has 0 amide bonds. The van der Waals surface area contributed by atoms with Crippen molar-refractivity contribution in [1.82, 2.24) is 0 Å². The molecule has 2 heterocycles. The molecule has 1 aliphatic heterocycles. The molecule has 1 fully saturated rings. The molecule has 1 saturated heterocycles. The zero-order chi connectivity index (χ0) is 14.5. The molecule has 20 heavy (non-hydrogen) atoms. The standard InChI is InChI=1S/C16H17ClO2S/c1-3-13(17)8-15-11(2)5-4-6-19-16(15)12-7-14(9-18)20-10-12/h3,7-10,16H,2,4-6H2,1H3/b13-3+,15-8+. The fourth-order valence-corrected chi connectivity index (χ4v) is 3.00. The van der Waals surface area contributed by atoms with Gasteiger partial charge in [-0.1, -0.05) is 24.3 Å². The summed E-state index contributed by atoms with van der Waals surface area (Å²) in [5.41, 5.74) is 3.04. The van der Waals surface area contributed by atoms with Crippen molar-refractivity contribution in [1.29, 1.82) is 0 Å². The quantitative estimate of drug-likeness (QED) is 0.731. The van der Waals surface area contributed by atoms with E-state index in [1.165, 1.54) is 11.3 Å². The van der Waals surface area contributed by atoms with Crippen LogP contribution in [0.1, 0.15) is 41.1 Å². The van der Waals surface area contributed by atoms with Crippen molar-refractivity contribution in [2.24, 2.45) is 0 Å². The van der Waals surface area contributed by atoms with E-state index in [9.17, 15) is 4.79 Å². The van der Waals surface area contributed by atoms with E-state index in [1.54, 1.807) is 0 Å². The maximum absolute atomic E-state index is 10.8. The van der Waals surface area contributed by atoms with E-state index >= 15 is 0 Å². The van der Waals surface area contributed by atoms with Crippen LogP contribution in [0.3, 0.4) is 0 Å². The van der Waals surface area contributed by atoms with Gasteiger partial charge in [-0.2, -0.15) is 0 Å². The summed E-state index contributed by atoms with van der Waals surface area (Å²) in [5, 5.41) is 2.63. The SMILES string of the molecule is C=C1CCCOC(c2csc(C=O)c2)/C1=C/C(Cl)=C\C. The Labute approximate surface area is 128 Å². The lowest BCUT2D eigenvalue weighted by Crippen LogP contribution is -2.06. The minimum atomic E-state index is -0.191. The molecule has 0 radical (unpaired) electrons. The van der Waals surface area contributed by atoms with Gasteiger partial charge in [-0.05, 0) is 54.0 Å². The Morgan fingerprint density at radius 1 is 1.60 bits per heavy atom. The minimum absolute atomic E-state index is 0.191. The maximum atomic E-state index is 10.8. The first-order valence-electron chi connectivity index (χ1n) is 6.52. The fourth-order valence-electron chi connectivity index (χ4n) is 2.16. The Bertz CT molecular complexity index is 569. The van der Waals surface area contributed by atoms with Crippen LogP contribution in [-0.4, -0.2) is 12.9 Å². The molecule has 2 rings (SSSR count). The first-order chi connectivity index (χ1) is 9.65. The normalized spacial score (nSPS) is 22.9. The van der Waals surface area contributed by atoms with E-state index in [-0.39, 0.29) is 6.10 Å². The molecule has 106 valence electrons. The zero-order valence-corrected chi connectivity index (χ0v) is 13.0. The number of halogens is 1. The summed E-state index contributed by atoms with van der Waals surface area (Å²) < 4.78 is 5.95. The highest BCUT2D eigenvalue weighted by atomic mass is 35.5. The number of thiophene rings is 1. The van der Waals surface area contributed by atoms with Crippen LogP contribution in [0.15, 0.2) is 46.4 Å². The molecule has 1 aromatic heterocycles. The van der Waals surface area contributed by atoms with E-state index in [0.29, 0.717) is 16.5 Å². The third kappa shape index (κ3) is 3.48. The molecule has 2 nitrogen and oxygen atoms in total. The van der Waals surface area contributed by atoms with Crippen LogP contribution in [0.2, 0.25) is 0 Å². The number of hydrogen-bond acceptors (Lipinski definition) is 3. The van der Waals surface area contributed by atoms with Crippen molar-refractivity contribution < 1.29 is 9.53 Å². The molecule has 0 aromatic carbocycles. The topological polar surface area (TPSA) is 26.3 Å². The van der Waals surface area contributed by atoms with Crippen LogP contribution in [0.25, 0.3) is 0 Å². The van der Waals surface area contributed by atoms with Gasteiger partial charge in [0.2, 0.25) is 0 Å². The van der Waals surface area contributed by atoms with Crippen molar-refractivity contribution in [2.75, 3.05) is 6.61 Å². The van der Waals surface area contributed by atoms with Crippen molar-refractivity contribution in [3.8, 4) is 0 Å². The van der Waals surface area contributed by atoms with Gasteiger partial charge in [-0.25, -0.2) is 0 Å². The van der Waals surface area contributed by atoms with Crippen LogP contribution >= 0.6 is 22.9 Å². The van der Waals surface area contributed by atoms with Gasteiger partial charge in [-0.3, -0.25) is 4.79 Å². The Hall–Kier alpha value is -1.16. The summed E-state index contributed by atoms with van der Waals surface area (Å²) in [6, 6.07) is 1.87. The van der Waals surface area contributed by atoms with Gasteiger partial charge in [0.1, 0.15) is 6.10 Å². The van der Waals surface area contributed by atoms with E-state index in [0.717, 1.165) is 35.8 Å². The molecular weight excluding hydrogens is 292 g/mol. The summed E-state index contributed by atoms with van der Waals surface area (Å²) in [6.07, 6.45) is 6.28. The van der Waals surface area contributed by atoms with Crippen molar-refractivity contribution in [3.63, 3.8) is 0 Å². The van der Waals surface area contributed by atoms with Gasteiger partial charge in [0.05, 0.1) is 4.88 Å². The number of carbonyl (C=O) groups is 1. The van der Waals surface area contributed by atoms with Crippen LogP contribution in [-0.2, 0) is 4.74 Å². The highest BCUT2D eigenvalue weighted by Crippen LogP contribution is 2.37. The predicted molar refractivity (Wildman–Crippen MR) is 84.5 cm³/mol. The smallest absolute Gasteiger partial charge is 0.160 e. The Kier molecular flexibility index (Phi) is 5.35. The molecule has 1 atom stereocenters. The van der Waals surface area contributed by atoms with E-state index < -0.39 is 0 Å². The number of aldehydes is 1. The Morgan fingerprint density at radius 3 is 3.05 bits per heavy atom. The monoisotopic (exact) mass is 308 g/mol. The van der Waals surface area contributed by atoms with E-state index in [1.807, 2.05) is 30.5 Å². The summed E-state index contributed by atoms with van der Waals surface area (Å²) in [7, 11) is 0. The third-order valence-electron chi connectivity index (χ3n) is 3.23. The van der Waals surface area contributed by atoms with Crippen LogP contribution in [0.4, 0.5) is 0 Å². The number of ether oxygens (including phenoxy) is 1. The summed E-state index contributed by atoms with van der Waals surface area (Å²) in [6.45, 7) is 6.72. The molecule has 1 aromatic rings.